The van der Waals surface area contributed by atoms with Crippen LogP contribution in [0.25, 0.3) is 0 Å². The molecule has 0 aromatic carbocycles. The minimum atomic E-state index is 0.0111. The van der Waals surface area contributed by atoms with Gasteiger partial charge in [0.15, 0.2) is 0 Å². The molecule has 114 valence electrons. The molecule has 0 aromatic rings. The van der Waals surface area contributed by atoms with Crippen molar-refractivity contribution in [3.63, 3.8) is 0 Å². The Hall–Kier alpha value is -0.660. The Morgan fingerprint density at radius 2 is 1.81 bits per heavy atom. The van der Waals surface area contributed by atoms with E-state index in [1.165, 1.54) is 32.1 Å². The summed E-state index contributed by atoms with van der Waals surface area (Å²) in [7, 11) is 0. The molecule has 5 aliphatic rings. The lowest BCUT2D eigenvalue weighted by Gasteiger charge is -2.53. The first-order valence-corrected chi connectivity index (χ1v) is 9.06. The minimum absolute atomic E-state index is 0.0111. The van der Waals surface area contributed by atoms with E-state index < -0.39 is 0 Å². The SMILES string of the molecule is C[C@]12CCC3C(CCC45CC(=O)CCC34C5)C1CCC2=O. The maximum atomic E-state index is 12.4. The molecule has 5 rings (SSSR count). The standard InChI is InChI=1S/C19H26O2/c1-17-7-6-15-13(14(17)2-3-16(17)21)5-8-18-10-12(20)4-9-19(15,18)11-18/h13-15H,2-11H2,1H3/t13?,14?,15?,17-,18?,19?/m0/s1. The molecule has 5 fully saturated rings. The number of hydrogen-bond donors (Lipinski definition) is 0. The van der Waals surface area contributed by atoms with Gasteiger partial charge in [0, 0.05) is 24.7 Å². The summed E-state index contributed by atoms with van der Waals surface area (Å²) in [5, 5.41) is 0. The molecule has 0 heterocycles. The van der Waals surface area contributed by atoms with Gasteiger partial charge in [0.2, 0.25) is 0 Å². The summed E-state index contributed by atoms with van der Waals surface area (Å²) in [6.45, 7) is 2.26. The van der Waals surface area contributed by atoms with Crippen molar-refractivity contribution in [2.45, 2.75) is 71.1 Å². The van der Waals surface area contributed by atoms with Crippen molar-refractivity contribution in [1.29, 1.82) is 0 Å². The zero-order valence-electron chi connectivity index (χ0n) is 13.1. The van der Waals surface area contributed by atoms with Gasteiger partial charge < -0.3 is 0 Å². The highest BCUT2D eigenvalue weighted by Gasteiger charge is 2.75. The van der Waals surface area contributed by atoms with Crippen LogP contribution in [0.1, 0.15) is 71.1 Å². The summed E-state index contributed by atoms with van der Waals surface area (Å²) in [6.07, 6.45) is 11.2. The number of carbonyl (C=O) groups is 2. The van der Waals surface area contributed by atoms with Gasteiger partial charge in [0.25, 0.3) is 0 Å². The van der Waals surface area contributed by atoms with E-state index in [0.717, 1.165) is 43.9 Å². The largest absolute Gasteiger partial charge is 0.300 e. The Morgan fingerprint density at radius 1 is 0.952 bits per heavy atom. The van der Waals surface area contributed by atoms with Crippen molar-refractivity contribution >= 4 is 11.6 Å². The van der Waals surface area contributed by atoms with Crippen LogP contribution in [0.5, 0.6) is 0 Å². The first-order chi connectivity index (χ1) is 10.0. The Morgan fingerprint density at radius 3 is 2.67 bits per heavy atom. The third-order valence-corrected chi connectivity index (χ3v) is 8.78. The van der Waals surface area contributed by atoms with Crippen LogP contribution in [-0.2, 0) is 9.59 Å². The monoisotopic (exact) mass is 286 g/mol. The Balaban J connectivity index is 1.50. The molecule has 6 atom stereocenters. The van der Waals surface area contributed by atoms with Crippen LogP contribution in [0.3, 0.4) is 0 Å². The molecular formula is C19H26O2. The zero-order valence-corrected chi connectivity index (χ0v) is 13.1. The predicted molar refractivity (Wildman–Crippen MR) is 79.6 cm³/mol. The fourth-order valence-corrected chi connectivity index (χ4v) is 7.71. The van der Waals surface area contributed by atoms with Gasteiger partial charge in [-0.1, -0.05) is 6.92 Å². The van der Waals surface area contributed by atoms with E-state index in [1.807, 2.05) is 0 Å². The maximum absolute atomic E-state index is 12.4. The second kappa shape index (κ2) is 3.63. The lowest BCUT2D eigenvalue weighted by molar-refractivity contribution is -0.134. The third kappa shape index (κ3) is 1.32. The second-order valence-electron chi connectivity index (χ2n) is 9.16. The zero-order chi connectivity index (χ0) is 14.5. The molecular weight excluding hydrogens is 260 g/mol. The Kier molecular flexibility index (Phi) is 2.22. The van der Waals surface area contributed by atoms with Crippen LogP contribution in [0.4, 0.5) is 0 Å². The summed E-state index contributed by atoms with van der Waals surface area (Å²) >= 11 is 0. The van der Waals surface area contributed by atoms with Crippen molar-refractivity contribution in [3.05, 3.63) is 0 Å². The average Bonchev–Trinajstić information content (AvgIpc) is 3.05. The van der Waals surface area contributed by atoms with E-state index in [-0.39, 0.29) is 5.41 Å². The van der Waals surface area contributed by atoms with E-state index in [9.17, 15) is 9.59 Å². The molecule has 21 heavy (non-hydrogen) atoms. The van der Waals surface area contributed by atoms with Gasteiger partial charge in [-0.15, -0.1) is 0 Å². The lowest BCUT2D eigenvalue weighted by atomic mass is 9.50. The van der Waals surface area contributed by atoms with E-state index in [0.29, 0.717) is 28.3 Å². The molecule has 2 nitrogen and oxygen atoms in total. The average molecular weight is 286 g/mol. The third-order valence-electron chi connectivity index (χ3n) is 8.78. The maximum Gasteiger partial charge on any atom is 0.139 e. The molecule has 0 aromatic heterocycles. The molecule has 2 heteroatoms. The molecule has 0 aliphatic heterocycles. The van der Waals surface area contributed by atoms with Gasteiger partial charge in [0.05, 0.1) is 0 Å². The van der Waals surface area contributed by atoms with Crippen LogP contribution in [-0.4, -0.2) is 11.6 Å². The van der Waals surface area contributed by atoms with Gasteiger partial charge in [0.1, 0.15) is 11.6 Å². The van der Waals surface area contributed by atoms with Gasteiger partial charge in [-0.3, -0.25) is 9.59 Å². The van der Waals surface area contributed by atoms with E-state index >= 15 is 0 Å². The number of rotatable bonds is 0. The minimum Gasteiger partial charge on any atom is -0.300 e. The molecule has 0 N–H and O–H groups in total. The highest BCUT2D eigenvalue weighted by Crippen LogP contribution is 2.82. The smallest absolute Gasteiger partial charge is 0.139 e. The molecule has 0 bridgehead atoms. The summed E-state index contributed by atoms with van der Waals surface area (Å²) < 4.78 is 0. The van der Waals surface area contributed by atoms with Crippen LogP contribution >= 0.6 is 0 Å². The van der Waals surface area contributed by atoms with Crippen LogP contribution in [0.15, 0.2) is 0 Å². The quantitative estimate of drug-likeness (QED) is 0.676. The Labute approximate surface area is 127 Å². The molecule has 0 spiro atoms. The summed E-state index contributed by atoms with van der Waals surface area (Å²) in [6, 6.07) is 0. The van der Waals surface area contributed by atoms with Crippen molar-refractivity contribution in [3.8, 4) is 0 Å². The second-order valence-corrected chi connectivity index (χ2v) is 9.16. The number of carbonyl (C=O) groups excluding carboxylic acids is 2. The fraction of sp³-hybridized carbons (Fsp3) is 0.895. The van der Waals surface area contributed by atoms with Crippen LogP contribution < -0.4 is 0 Å². The van der Waals surface area contributed by atoms with Gasteiger partial charge in [-0.05, 0) is 73.5 Å². The van der Waals surface area contributed by atoms with Crippen molar-refractivity contribution in [2.24, 2.45) is 34.0 Å². The predicted octanol–water partition coefficient (Wildman–Crippen LogP) is 3.92. The van der Waals surface area contributed by atoms with Crippen molar-refractivity contribution in [1.82, 2.24) is 0 Å². The number of fused-ring (bicyclic) bond motifs is 3. The lowest BCUT2D eigenvalue weighted by Crippen LogP contribution is -2.48. The number of hydrogen-bond acceptors (Lipinski definition) is 2. The van der Waals surface area contributed by atoms with Crippen molar-refractivity contribution < 1.29 is 9.59 Å². The summed E-state index contributed by atoms with van der Waals surface area (Å²) in [5.41, 5.74) is 0.952. The first kappa shape index (κ1) is 12.8. The summed E-state index contributed by atoms with van der Waals surface area (Å²) in [4.78, 5) is 24.3. The highest BCUT2D eigenvalue weighted by atomic mass is 16.1. The van der Waals surface area contributed by atoms with E-state index in [1.54, 1.807) is 0 Å². The number of Topliss-reactive ketones (excluding diaryl/α,β-unsaturated/α-hetero) is 2. The van der Waals surface area contributed by atoms with Crippen molar-refractivity contribution in [2.75, 3.05) is 0 Å². The molecule has 0 amide bonds. The normalized spacial score (nSPS) is 58.0. The van der Waals surface area contributed by atoms with Crippen LogP contribution in [0, 0.1) is 34.0 Å². The van der Waals surface area contributed by atoms with Gasteiger partial charge >= 0.3 is 0 Å². The van der Waals surface area contributed by atoms with E-state index in [2.05, 4.69) is 6.92 Å². The molecule has 5 saturated carbocycles. The van der Waals surface area contributed by atoms with Gasteiger partial charge in [-0.2, -0.15) is 0 Å². The first-order valence-electron chi connectivity index (χ1n) is 9.06. The highest BCUT2D eigenvalue weighted by molar-refractivity contribution is 5.87. The molecule has 0 saturated heterocycles. The van der Waals surface area contributed by atoms with Crippen LogP contribution in [0.2, 0.25) is 0 Å². The number of ketones is 2. The van der Waals surface area contributed by atoms with Gasteiger partial charge in [-0.25, -0.2) is 0 Å². The Bertz CT molecular complexity index is 552. The van der Waals surface area contributed by atoms with E-state index in [4.69, 9.17) is 0 Å². The molecule has 5 unspecified atom stereocenters. The topological polar surface area (TPSA) is 34.1 Å². The fourth-order valence-electron chi connectivity index (χ4n) is 7.71. The molecule has 5 aliphatic carbocycles. The summed E-state index contributed by atoms with van der Waals surface area (Å²) in [5.74, 6) is 3.37. The molecule has 0 radical (unpaired) electrons.